The minimum absolute atomic E-state index is 0.197. The van der Waals surface area contributed by atoms with E-state index in [1.54, 1.807) is 12.1 Å². The van der Waals surface area contributed by atoms with E-state index < -0.39 is 16.0 Å². The zero-order valence-electron chi connectivity index (χ0n) is 9.44. The molecule has 1 aromatic rings. The fraction of sp³-hybridized carbons (Fsp3) is 0.300. The van der Waals surface area contributed by atoms with Gasteiger partial charge in [-0.05, 0) is 34.1 Å². The predicted octanol–water partition coefficient (Wildman–Crippen LogP) is 2.41. The van der Waals surface area contributed by atoms with Crippen molar-refractivity contribution in [3.63, 3.8) is 0 Å². The molecule has 5 nitrogen and oxygen atoms in total. The largest absolute Gasteiger partial charge is 0.469 e. The summed E-state index contributed by atoms with van der Waals surface area (Å²) < 4.78 is 30.6. The highest BCUT2D eigenvalue weighted by Gasteiger charge is 2.15. The van der Waals surface area contributed by atoms with Gasteiger partial charge in [0, 0.05) is 9.50 Å². The van der Waals surface area contributed by atoms with E-state index in [2.05, 4.69) is 25.4 Å². The molecular formula is C10H11BrClNO4S. The van der Waals surface area contributed by atoms with Gasteiger partial charge in [0.05, 0.1) is 25.0 Å². The summed E-state index contributed by atoms with van der Waals surface area (Å²) in [4.78, 5) is 10.9. The van der Waals surface area contributed by atoms with E-state index in [4.69, 9.17) is 11.6 Å². The van der Waals surface area contributed by atoms with Gasteiger partial charge in [0.1, 0.15) is 0 Å². The molecule has 0 atom stereocenters. The molecular weight excluding hydrogens is 346 g/mol. The molecule has 1 aromatic carbocycles. The highest BCUT2D eigenvalue weighted by atomic mass is 79.9. The fourth-order valence-electron chi connectivity index (χ4n) is 1.11. The van der Waals surface area contributed by atoms with Crippen molar-refractivity contribution >= 4 is 49.2 Å². The zero-order valence-corrected chi connectivity index (χ0v) is 12.6. The van der Waals surface area contributed by atoms with Crippen molar-refractivity contribution in [1.29, 1.82) is 0 Å². The average Bonchev–Trinajstić information content (AvgIpc) is 2.30. The molecule has 0 spiro atoms. The second-order valence-corrected chi connectivity index (χ2v) is 6.50. The van der Waals surface area contributed by atoms with Crippen LogP contribution in [0.25, 0.3) is 0 Å². The number of rotatable bonds is 5. The van der Waals surface area contributed by atoms with Crippen LogP contribution in [0, 0.1) is 0 Å². The predicted molar refractivity (Wildman–Crippen MR) is 73.2 cm³/mol. The first-order valence-corrected chi connectivity index (χ1v) is 7.69. The van der Waals surface area contributed by atoms with E-state index in [1.807, 2.05) is 0 Å². The highest BCUT2D eigenvalue weighted by molar-refractivity contribution is 9.10. The molecule has 0 saturated heterocycles. The van der Waals surface area contributed by atoms with E-state index in [-0.39, 0.29) is 12.2 Å². The lowest BCUT2D eigenvalue weighted by Gasteiger charge is -2.09. The van der Waals surface area contributed by atoms with Gasteiger partial charge in [-0.3, -0.25) is 9.52 Å². The number of hydrogen-bond donors (Lipinski definition) is 1. The molecule has 0 unspecified atom stereocenters. The number of benzene rings is 1. The van der Waals surface area contributed by atoms with E-state index >= 15 is 0 Å². The van der Waals surface area contributed by atoms with Gasteiger partial charge in [0.2, 0.25) is 10.0 Å². The first kappa shape index (κ1) is 15.3. The molecule has 0 amide bonds. The van der Waals surface area contributed by atoms with Crippen LogP contribution in [0.4, 0.5) is 5.69 Å². The molecule has 0 aliphatic heterocycles. The number of methoxy groups -OCH3 is 1. The molecule has 8 heteroatoms. The minimum Gasteiger partial charge on any atom is -0.469 e. The summed E-state index contributed by atoms with van der Waals surface area (Å²) in [5.74, 6) is -0.912. The topological polar surface area (TPSA) is 72.5 Å². The third kappa shape index (κ3) is 4.83. The van der Waals surface area contributed by atoms with Crippen molar-refractivity contribution < 1.29 is 17.9 Å². The second-order valence-electron chi connectivity index (χ2n) is 3.37. The Bertz CT molecular complexity index is 547. The first-order valence-electron chi connectivity index (χ1n) is 4.86. The molecule has 0 heterocycles. The van der Waals surface area contributed by atoms with Gasteiger partial charge in [-0.2, -0.15) is 0 Å². The van der Waals surface area contributed by atoms with Crippen LogP contribution in [-0.4, -0.2) is 27.2 Å². The molecule has 0 aliphatic rings. The molecule has 0 saturated carbocycles. The number of anilines is 1. The molecule has 1 N–H and O–H groups in total. The Hall–Kier alpha value is -0.790. The van der Waals surface area contributed by atoms with Crippen LogP contribution < -0.4 is 4.72 Å². The van der Waals surface area contributed by atoms with Gasteiger partial charge >= 0.3 is 5.97 Å². The Morgan fingerprint density at radius 2 is 2.17 bits per heavy atom. The number of esters is 1. The maximum atomic E-state index is 11.7. The van der Waals surface area contributed by atoms with E-state index in [0.717, 1.165) is 0 Å². The van der Waals surface area contributed by atoms with Crippen LogP contribution in [0.15, 0.2) is 22.7 Å². The van der Waals surface area contributed by atoms with Crippen LogP contribution in [0.5, 0.6) is 0 Å². The lowest BCUT2D eigenvalue weighted by Crippen LogP contribution is -2.19. The monoisotopic (exact) mass is 355 g/mol. The number of carbonyl (C=O) groups is 1. The van der Waals surface area contributed by atoms with Crippen molar-refractivity contribution in [1.82, 2.24) is 0 Å². The number of sulfonamides is 1. The summed E-state index contributed by atoms with van der Waals surface area (Å²) in [7, 11) is -2.39. The third-order valence-corrected chi connectivity index (χ3v) is 4.16. The van der Waals surface area contributed by atoms with Crippen molar-refractivity contribution in [3.8, 4) is 0 Å². The van der Waals surface area contributed by atoms with Gasteiger partial charge in [0.15, 0.2) is 0 Å². The van der Waals surface area contributed by atoms with E-state index in [1.165, 1.54) is 13.2 Å². The normalized spacial score (nSPS) is 11.1. The fourth-order valence-corrected chi connectivity index (χ4v) is 3.07. The summed E-state index contributed by atoms with van der Waals surface area (Å²) in [5.41, 5.74) is 0.365. The zero-order chi connectivity index (χ0) is 13.8. The van der Waals surface area contributed by atoms with Crippen LogP contribution in [0.3, 0.4) is 0 Å². The molecule has 0 aliphatic carbocycles. The Kier molecular flexibility index (Phi) is 5.43. The summed E-state index contributed by atoms with van der Waals surface area (Å²) in [6, 6.07) is 4.66. The highest BCUT2D eigenvalue weighted by Crippen LogP contribution is 2.26. The van der Waals surface area contributed by atoms with Gasteiger partial charge in [0.25, 0.3) is 0 Å². The smallest absolute Gasteiger partial charge is 0.306 e. The second kappa shape index (κ2) is 6.40. The molecule has 18 heavy (non-hydrogen) atoms. The Balaban J connectivity index is 2.73. The minimum atomic E-state index is -3.60. The summed E-state index contributed by atoms with van der Waals surface area (Å²) in [5, 5.41) is 0.486. The lowest BCUT2D eigenvalue weighted by molar-refractivity contribution is -0.140. The number of nitrogens with one attached hydrogen (secondary N) is 1. The van der Waals surface area contributed by atoms with E-state index in [0.29, 0.717) is 15.2 Å². The van der Waals surface area contributed by atoms with E-state index in [9.17, 15) is 13.2 Å². The molecule has 0 radical (unpaired) electrons. The summed E-state index contributed by atoms with van der Waals surface area (Å²) in [6.07, 6.45) is -0.197. The average molecular weight is 357 g/mol. The van der Waals surface area contributed by atoms with Crippen LogP contribution >= 0.6 is 27.5 Å². The van der Waals surface area contributed by atoms with Crippen molar-refractivity contribution in [2.75, 3.05) is 17.6 Å². The number of hydrogen-bond acceptors (Lipinski definition) is 4. The number of ether oxygens (including phenoxy) is 1. The van der Waals surface area contributed by atoms with Crippen LogP contribution in [-0.2, 0) is 19.6 Å². The lowest BCUT2D eigenvalue weighted by atomic mass is 10.3. The SMILES string of the molecule is COC(=O)CCS(=O)(=O)Nc1ccc(Cl)cc1Br. The van der Waals surface area contributed by atoms with Gasteiger partial charge in [-0.25, -0.2) is 8.42 Å². The number of carbonyl (C=O) groups excluding carboxylic acids is 1. The molecule has 0 fully saturated rings. The van der Waals surface area contributed by atoms with Gasteiger partial charge < -0.3 is 4.74 Å². The van der Waals surface area contributed by atoms with Gasteiger partial charge in [-0.1, -0.05) is 11.6 Å². The standard InChI is InChI=1S/C10H11BrClNO4S/c1-17-10(14)4-5-18(15,16)13-9-3-2-7(12)6-8(9)11/h2-3,6,13H,4-5H2,1H3. The van der Waals surface area contributed by atoms with Gasteiger partial charge in [-0.15, -0.1) is 0 Å². The Morgan fingerprint density at radius 1 is 1.50 bits per heavy atom. The van der Waals surface area contributed by atoms with Crippen LogP contribution in [0.1, 0.15) is 6.42 Å². The summed E-state index contributed by atoms with van der Waals surface area (Å²) >= 11 is 8.93. The molecule has 100 valence electrons. The molecule has 0 aromatic heterocycles. The quantitative estimate of drug-likeness (QED) is 0.822. The third-order valence-electron chi connectivity index (χ3n) is 2.00. The van der Waals surface area contributed by atoms with Crippen molar-refractivity contribution in [2.45, 2.75) is 6.42 Å². The van der Waals surface area contributed by atoms with Crippen molar-refractivity contribution in [2.24, 2.45) is 0 Å². The first-order chi connectivity index (χ1) is 8.34. The summed E-state index contributed by atoms with van der Waals surface area (Å²) in [6.45, 7) is 0. The molecule has 0 bridgehead atoms. The Morgan fingerprint density at radius 3 is 2.72 bits per heavy atom. The maximum Gasteiger partial charge on any atom is 0.306 e. The van der Waals surface area contributed by atoms with Crippen LogP contribution in [0.2, 0.25) is 5.02 Å². The maximum absolute atomic E-state index is 11.7. The Labute approximate surface area is 119 Å². The molecule has 1 rings (SSSR count). The number of halogens is 2. The van der Waals surface area contributed by atoms with Crippen molar-refractivity contribution in [3.05, 3.63) is 27.7 Å².